The molecule has 2 aromatic rings. The lowest BCUT2D eigenvalue weighted by atomic mass is 9.93. The summed E-state index contributed by atoms with van der Waals surface area (Å²) in [6.45, 7) is 6.21. The summed E-state index contributed by atoms with van der Waals surface area (Å²) < 4.78 is 11.3. The first kappa shape index (κ1) is 12.3. The van der Waals surface area contributed by atoms with Gasteiger partial charge in [0.05, 0.1) is 0 Å². The van der Waals surface area contributed by atoms with Crippen LogP contribution in [0.5, 0.6) is 5.75 Å². The minimum Gasteiger partial charge on any atom is -0.487 e. The van der Waals surface area contributed by atoms with Crippen LogP contribution in [0.15, 0.2) is 27.4 Å². The zero-order chi connectivity index (χ0) is 13.6. The molecule has 0 bridgehead atoms. The molecule has 0 radical (unpaired) electrons. The Balaban J connectivity index is 2.24. The van der Waals surface area contributed by atoms with Gasteiger partial charge in [-0.1, -0.05) is 6.92 Å². The highest BCUT2D eigenvalue weighted by Gasteiger charge is 2.27. The maximum atomic E-state index is 11.6. The van der Waals surface area contributed by atoms with Crippen molar-refractivity contribution in [3.63, 3.8) is 0 Å². The monoisotopic (exact) mass is 258 g/mol. The standard InChI is InChI=1S/C16H18O3/c1-4-10-8-15(17)18-14-9-13-11(7-12(10)14)5-6-16(2,3)19-13/h7-9H,4-6H2,1-3H3. The summed E-state index contributed by atoms with van der Waals surface area (Å²) in [7, 11) is 0. The molecule has 0 unspecified atom stereocenters. The zero-order valence-electron chi connectivity index (χ0n) is 11.6. The van der Waals surface area contributed by atoms with Gasteiger partial charge in [-0.2, -0.15) is 0 Å². The van der Waals surface area contributed by atoms with Crippen molar-refractivity contribution < 1.29 is 9.15 Å². The fraction of sp³-hybridized carbons (Fsp3) is 0.438. The van der Waals surface area contributed by atoms with E-state index in [1.54, 1.807) is 6.07 Å². The highest BCUT2D eigenvalue weighted by Crippen LogP contribution is 2.36. The van der Waals surface area contributed by atoms with Crippen molar-refractivity contribution in [2.75, 3.05) is 0 Å². The molecule has 3 nitrogen and oxygen atoms in total. The van der Waals surface area contributed by atoms with E-state index in [1.165, 1.54) is 5.56 Å². The van der Waals surface area contributed by atoms with Crippen molar-refractivity contribution in [3.05, 3.63) is 39.7 Å². The van der Waals surface area contributed by atoms with Crippen molar-refractivity contribution in [1.82, 2.24) is 0 Å². The Bertz CT molecular complexity index is 695. The largest absolute Gasteiger partial charge is 0.487 e. The molecule has 1 aromatic heterocycles. The Hall–Kier alpha value is -1.77. The molecule has 100 valence electrons. The van der Waals surface area contributed by atoms with Gasteiger partial charge in [-0.05, 0) is 50.3 Å². The number of aryl methyl sites for hydroxylation is 2. The van der Waals surface area contributed by atoms with Crippen molar-refractivity contribution >= 4 is 11.0 Å². The van der Waals surface area contributed by atoms with E-state index in [0.717, 1.165) is 36.0 Å². The van der Waals surface area contributed by atoms with Crippen LogP contribution in [0, 0.1) is 0 Å². The Morgan fingerprint density at radius 3 is 2.79 bits per heavy atom. The van der Waals surface area contributed by atoms with Crippen LogP contribution < -0.4 is 10.4 Å². The third-order valence-electron chi connectivity index (χ3n) is 3.77. The quantitative estimate of drug-likeness (QED) is 0.735. The average Bonchev–Trinajstić information content (AvgIpc) is 2.34. The Kier molecular flexibility index (Phi) is 2.66. The van der Waals surface area contributed by atoms with E-state index in [4.69, 9.17) is 9.15 Å². The topological polar surface area (TPSA) is 39.4 Å². The lowest BCUT2D eigenvalue weighted by Crippen LogP contribution is -2.32. The summed E-state index contributed by atoms with van der Waals surface area (Å²) in [5, 5.41) is 1.03. The Labute approximate surface area is 112 Å². The van der Waals surface area contributed by atoms with Gasteiger partial charge in [0.1, 0.15) is 16.9 Å². The first-order valence-corrected chi connectivity index (χ1v) is 6.77. The van der Waals surface area contributed by atoms with E-state index >= 15 is 0 Å². The highest BCUT2D eigenvalue weighted by atomic mass is 16.5. The fourth-order valence-corrected chi connectivity index (χ4v) is 2.67. The van der Waals surface area contributed by atoms with Gasteiger partial charge in [-0.25, -0.2) is 4.79 Å². The maximum absolute atomic E-state index is 11.6. The summed E-state index contributed by atoms with van der Waals surface area (Å²) in [5.41, 5.74) is 2.43. The van der Waals surface area contributed by atoms with E-state index in [-0.39, 0.29) is 11.2 Å². The van der Waals surface area contributed by atoms with E-state index in [2.05, 4.69) is 19.9 Å². The molecule has 19 heavy (non-hydrogen) atoms. The van der Waals surface area contributed by atoms with E-state index in [0.29, 0.717) is 5.58 Å². The van der Waals surface area contributed by atoms with Gasteiger partial charge in [0.15, 0.2) is 0 Å². The summed E-state index contributed by atoms with van der Waals surface area (Å²) in [6, 6.07) is 5.57. The van der Waals surface area contributed by atoms with Crippen molar-refractivity contribution in [1.29, 1.82) is 0 Å². The van der Waals surface area contributed by atoms with Gasteiger partial charge < -0.3 is 9.15 Å². The summed E-state index contributed by atoms with van der Waals surface area (Å²) in [6.07, 6.45) is 2.83. The van der Waals surface area contributed by atoms with Crippen LogP contribution in [0.1, 0.15) is 38.3 Å². The summed E-state index contributed by atoms with van der Waals surface area (Å²) in [4.78, 5) is 11.6. The van der Waals surface area contributed by atoms with E-state index in [1.807, 2.05) is 13.0 Å². The molecule has 2 heterocycles. The molecule has 0 saturated heterocycles. The van der Waals surface area contributed by atoms with Crippen molar-refractivity contribution in [2.24, 2.45) is 0 Å². The molecule has 1 aliphatic heterocycles. The molecule has 1 aliphatic rings. The number of hydrogen-bond acceptors (Lipinski definition) is 3. The van der Waals surface area contributed by atoms with Gasteiger partial charge in [0, 0.05) is 17.5 Å². The third-order valence-corrected chi connectivity index (χ3v) is 3.77. The van der Waals surface area contributed by atoms with Crippen LogP contribution in [-0.2, 0) is 12.8 Å². The zero-order valence-corrected chi connectivity index (χ0v) is 11.6. The van der Waals surface area contributed by atoms with Gasteiger partial charge in [-0.3, -0.25) is 0 Å². The molecule has 0 spiro atoms. The van der Waals surface area contributed by atoms with Crippen LogP contribution in [0.2, 0.25) is 0 Å². The van der Waals surface area contributed by atoms with Crippen LogP contribution in [0.4, 0.5) is 0 Å². The van der Waals surface area contributed by atoms with Gasteiger partial charge in [-0.15, -0.1) is 0 Å². The predicted molar refractivity (Wildman–Crippen MR) is 74.9 cm³/mol. The molecule has 3 rings (SSSR count). The lowest BCUT2D eigenvalue weighted by molar-refractivity contribution is 0.0848. The van der Waals surface area contributed by atoms with Crippen LogP contribution in [0.3, 0.4) is 0 Å². The van der Waals surface area contributed by atoms with Crippen LogP contribution in [0.25, 0.3) is 11.0 Å². The molecule has 0 N–H and O–H groups in total. The molecule has 0 amide bonds. The van der Waals surface area contributed by atoms with Gasteiger partial charge >= 0.3 is 5.63 Å². The first-order chi connectivity index (χ1) is 8.98. The van der Waals surface area contributed by atoms with E-state index in [9.17, 15) is 4.79 Å². The summed E-state index contributed by atoms with van der Waals surface area (Å²) >= 11 is 0. The second-order valence-electron chi connectivity index (χ2n) is 5.76. The van der Waals surface area contributed by atoms with Gasteiger partial charge in [0.2, 0.25) is 0 Å². The van der Waals surface area contributed by atoms with Gasteiger partial charge in [0.25, 0.3) is 0 Å². The molecule has 0 saturated carbocycles. The molecular formula is C16H18O3. The smallest absolute Gasteiger partial charge is 0.336 e. The SMILES string of the molecule is CCc1cc(=O)oc2cc3c(cc12)CCC(C)(C)O3. The minimum absolute atomic E-state index is 0.149. The molecular weight excluding hydrogens is 240 g/mol. The molecule has 3 heteroatoms. The van der Waals surface area contributed by atoms with Crippen molar-refractivity contribution in [2.45, 2.75) is 45.6 Å². The molecule has 0 aliphatic carbocycles. The lowest BCUT2D eigenvalue weighted by Gasteiger charge is -2.32. The Morgan fingerprint density at radius 1 is 1.26 bits per heavy atom. The number of rotatable bonds is 1. The van der Waals surface area contributed by atoms with Crippen molar-refractivity contribution in [3.8, 4) is 5.75 Å². The minimum atomic E-state index is -0.292. The molecule has 0 atom stereocenters. The van der Waals surface area contributed by atoms with Crippen LogP contribution >= 0.6 is 0 Å². The average molecular weight is 258 g/mol. The fourth-order valence-electron chi connectivity index (χ4n) is 2.67. The number of benzene rings is 1. The third kappa shape index (κ3) is 2.14. The number of ether oxygens (including phenoxy) is 1. The number of fused-ring (bicyclic) bond motifs is 2. The molecule has 1 aromatic carbocycles. The Morgan fingerprint density at radius 2 is 2.05 bits per heavy atom. The maximum Gasteiger partial charge on any atom is 0.336 e. The summed E-state index contributed by atoms with van der Waals surface area (Å²) in [5.74, 6) is 0.847. The second-order valence-corrected chi connectivity index (χ2v) is 5.76. The normalized spacial score (nSPS) is 17.0. The highest BCUT2D eigenvalue weighted by molar-refractivity contribution is 5.83. The second kappa shape index (κ2) is 4.12. The van der Waals surface area contributed by atoms with Crippen LogP contribution in [-0.4, -0.2) is 5.60 Å². The number of hydrogen-bond donors (Lipinski definition) is 0. The first-order valence-electron chi connectivity index (χ1n) is 6.77. The molecule has 0 fully saturated rings. The van der Waals surface area contributed by atoms with E-state index < -0.39 is 0 Å². The predicted octanol–water partition coefficient (Wildman–Crippen LogP) is 3.46.